The third kappa shape index (κ3) is 3.09. The van der Waals surface area contributed by atoms with Gasteiger partial charge in [-0.1, -0.05) is 24.3 Å². The van der Waals surface area contributed by atoms with E-state index in [0.29, 0.717) is 28.4 Å². The van der Waals surface area contributed by atoms with Crippen molar-refractivity contribution in [3.05, 3.63) is 65.7 Å². The molecule has 2 bridgehead atoms. The fraction of sp³-hybridized carbons (Fsp3) is 0.238. The third-order valence-corrected chi connectivity index (χ3v) is 7.64. The number of carbonyl (C=O) groups is 2. The number of nitrogens with zero attached hydrogens (tertiary/aromatic N) is 2. The molecule has 10 heteroatoms. The van der Waals surface area contributed by atoms with Crippen molar-refractivity contribution >= 4 is 33.2 Å². The zero-order chi connectivity index (χ0) is 21.9. The Morgan fingerprint density at radius 1 is 1.16 bits per heavy atom. The molecule has 5 rings (SSSR count). The van der Waals surface area contributed by atoms with Gasteiger partial charge >= 0.3 is 6.03 Å². The van der Waals surface area contributed by atoms with Crippen LogP contribution >= 0.6 is 0 Å². The van der Waals surface area contributed by atoms with E-state index in [9.17, 15) is 26.8 Å². The molecule has 31 heavy (non-hydrogen) atoms. The highest BCUT2D eigenvalue weighted by Crippen LogP contribution is 2.42. The number of likely N-dealkylation sites (tertiary alicyclic amines) is 1. The van der Waals surface area contributed by atoms with Crippen LogP contribution in [-0.4, -0.2) is 48.7 Å². The molecule has 0 spiro atoms. The Labute approximate surface area is 177 Å². The van der Waals surface area contributed by atoms with Crippen LogP contribution in [0.3, 0.4) is 0 Å². The van der Waals surface area contributed by atoms with Crippen LogP contribution in [0.25, 0.3) is 5.57 Å². The second-order valence-corrected chi connectivity index (χ2v) is 9.57. The van der Waals surface area contributed by atoms with Gasteiger partial charge in [0.2, 0.25) is 5.91 Å². The van der Waals surface area contributed by atoms with Gasteiger partial charge in [-0.3, -0.25) is 4.79 Å². The quantitative estimate of drug-likeness (QED) is 0.787. The minimum atomic E-state index is -4.41. The lowest BCUT2D eigenvalue weighted by molar-refractivity contribution is -0.131. The largest absolute Gasteiger partial charge is 0.336 e. The molecule has 7 nitrogen and oxygen atoms in total. The Bertz CT molecular complexity index is 1260. The van der Waals surface area contributed by atoms with Crippen molar-refractivity contribution in [3.8, 4) is 0 Å². The van der Waals surface area contributed by atoms with Crippen LogP contribution in [0.4, 0.5) is 19.3 Å². The zero-order valence-corrected chi connectivity index (χ0v) is 16.9. The number of sulfonamides is 1. The number of amides is 3. The summed E-state index contributed by atoms with van der Waals surface area (Å²) in [6.45, 7) is -0.361. The van der Waals surface area contributed by atoms with Gasteiger partial charge in [0, 0.05) is 12.1 Å². The van der Waals surface area contributed by atoms with E-state index in [2.05, 4.69) is 5.32 Å². The van der Waals surface area contributed by atoms with Crippen LogP contribution in [0.2, 0.25) is 0 Å². The van der Waals surface area contributed by atoms with Gasteiger partial charge < -0.3 is 10.2 Å². The Morgan fingerprint density at radius 3 is 2.68 bits per heavy atom. The fourth-order valence-corrected chi connectivity index (χ4v) is 5.92. The fourth-order valence-electron chi connectivity index (χ4n) is 4.48. The van der Waals surface area contributed by atoms with E-state index in [-0.39, 0.29) is 11.6 Å². The second-order valence-electron chi connectivity index (χ2n) is 7.74. The monoisotopic (exact) mass is 445 g/mol. The van der Waals surface area contributed by atoms with Crippen LogP contribution in [0.15, 0.2) is 53.4 Å². The summed E-state index contributed by atoms with van der Waals surface area (Å²) in [5, 5.41) is 2.37. The van der Waals surface area contributed by atoms with Crippen molar-refractivity contribution in [1.82, 2.24) is 9.21 Å². The van der Waals surface area contributed by atoms with Crippen LogP contribution in [-0.2, 0) is 14.8 Å². The number of rotatable bonds is 3. The van der Waals surface area contributed by atoms with Gasteiger partial charge in [-0.2, -0.15) is 0 Å². The highest BCUT2D eigenvalue weighted by atomic mass is 32.2. The lowest BCUT2D eigenvalue weighted by atomic mass is 9.99. The average Bonchev–Trinajstić information content (AvgIpc) is 3.33. The van der Waals surface area contributed by atoms with Gasteiger partial charge in [0.1, 0.15) is 23.1 Å². The molecular formula is C21H17F2N3O4S. The van der Waals surface area contributed by atoms with E-state index in [0.717, 1.165) is 18.2 Å². The Kier molecular flexibility index (Phi) is 4.37. The molecule has 0 unspecified atom stereocenters. The summed E-state index contributed by atoms with van der Waals surface area (Å²) in [4.78, 5) is 26.5. The summed E-state index contributed by atoms with van der Waals surface area (Å²) in [6, 6.07) is 7.88. The van der Waals surface area contributed by atoms with Gasteiger partial charge in [-0.15, -0.1) is 0 Å². The van der Waals surface area contributed by atoms with Crippen LogP contribution < -0.4 is 5.32 Å². The van der Waals surface area contributed by atoms with E-state index >= 15 is 0 Å². The molecule has 3 amide bonds. The smallest absolute Gasteiger partial charge is 0.333 e. The Morgan fingerprint density at radius 2 is 1.94 bits per heavy atom. The van der Waals surface area contributed by atoms with Gasteiger partial charge in [0.05, 0.1) is 11.7 Å². The Balaban J connectivity index is 1.41. The molecule has 3 aliphatic rings. The number of urea groups is 1. The predicted molar refractivity (Wildman–Crippen MR) is 107 cm³/mol. The molecule has 1 fully saturated rings. The lowest BCUT2D eigenvalue weighted by Crippen LogP contribution is -2.50. The van der Waals surface area contributed by atoms with Crippen LogP contribution in [0.5, 0.6) is 0 Å². The first kappa shape index (κ1) is 19.7. The molecule has 2 aromatic carbocycles. The van der Waals surface area contributed by atoms with Gasteiger partial charge in [0.25, 0.3) is 10.0 Å². The molecule has 1 N–H and O–H groups in total. The van der Waals surface area contributed by atoms with Crippen molar-refractivity contribution in [2.45, 2.75) is 17.4 Å². The molecule has 0 saturated carbocycles. The maximum Gasteiger partial charge on any atom is 0.336 e. The molecule has 2 atom stereocenters. The van der Waals surface area contributed by atoms with Crippen molar-refractivity contribution in [1.29, 1.82) is 0 Å². The summed E-state index contributed by atoms with van der Waals surface area (Å²) in [6.07, 6.45) is 2.55. The standard InChI is InChI=1S/C21H17F2N3O4S/c22-13-5-6-17-19(9-13)31(29,30)26(21(28)24-17)11-20(27)25-10-12-7-15(18(25)8-12)14-3-1-2-4-16(14)23/h1-7,9,12,18H,8,10-11H2,(H,24,28)/t12-,18-/m0/s1. The predicted octanol–water partition coefficient (Wildman–Crippen LogP) is 2.82. The SMILES string of the molecule is O=C(CN1C(=O)Nc2ccc(F)cc2S1(=O)=O)N1C[C@H]2C=C(c3ccccc3F)[C@@H]1C2. The molecule has 2 heterocycles. The minimum Gasteiger partial charge on any atom is -0.333 e. The van der Waals surface area contributed by atoms with Crippen molar-refractivity contribution < 1.29 is 26.8 Å². The minimum absolute atomic E-state index is 0.0326. The summed E-state index contributed by atoms with van der Waals surface area (Å²) in [7, 11) is -4.41. The van der Waals surface area contributed by atoms with Crippen molar-refractivity contribution in [2.24, 2.45) is 5.92 Å². The lowest BCUT2D eigenvalue weighted by Gasteiger charge is -2.33. The first-order valence-electron chi connectivity index (χ1n) is 9.65. The highest BCUT2D eigenvalue weighted by molar-refractivity contribution is 7.90. The number of carbonyl (C=O) groups excluding carboxylic acids is 2. The number of halogens is 2. The molecule has 0 aromatic heterocycles. The van der Waals surface area contributed by atoms with Gasteiger partial charge in [-0.25, -0.2) is 26.3 Å². The van der Waals surface area contributed by atoms with E-state index in [4.69, 9.17) is 0 Å². The zero-order valence-electron chi connectivity index (χ0n) is 16.1. The van der Waals surface area contributed by atoms with Gasteiger partial charge in [-0.05, 0) is 42.2 Å². The number of fused-ring (bicyclic) bond motifs is 3. The molecule has 1 aliphatic carbocycles. The van der Waals surface area contributed by atoms with Crippen molar-refractivity contribution in [3.63, 3.8) is 0 Å². The molecule has 1 saturated heterocycles. The normalized spacial score (nSPS) is 23.4. The number of benzene rings is 2. The van der Waals surface area contributed by atoms with E-state index < -0.39 is 51.1 Å². The van der Waals surface area contributed by atoms with E-state index in [1.165, 1.54) is 11.0 Å². The third-order valence-electron chi connectivity index (χ3n) is 5.87. The average molecular weight is 445 g/mol. The maximum atomic E-state index is 14.3. The highest BCUT2D eigenvalue weighted by Gasteiger charge is 2.45. The molecular weight excluding hydrogens is 428 g/mol. The first-order valence-corrected chi connectivity index (χ1v) is 11.1. The van der Waals surface area contributed by atoms with E-state index in [1.54, 1.807) is 18.2 Å². The topological polar surface area (TPSA) is 86.8 Å². The molecule has 0 radical (unpaired) electrons. The number of nitrogens with one attached hydrogen (secondary N) is 1. The molecule has 2 aliphatic heterocycles. The number of hydrogen-bond acceptors (Lipinski definition) is 4. The van der Waals surface area contributed by atoms with Crippen LogP contribution in [0, 0.1) is 17.6 Å². The first-order chi connectivity index (χ1) is 14.8. The maximum absolute atomic E-state index is 14.3. The summed E-state index contributed by atoms with van der Waals surface area (Å²) in [5.41, 5.74) is 1.04. The van der Waals surface area contributed by atoms with E-state index in [1.807, 2.05) is 6.08 Å². The number of hydrogen-bond donors (Lipinski definition) is 1. The summed E-state index contributed by atoms with van der Waals surface area (Å²) < 4.78 is 54.0. The molecule has 160 valence electrons. The number of anilines is 1. The van der Waals surface area contributed by atoms with Crippen LogP contribution in [0.1, 0.15) is 12.0 Å². The van der Waals surface area contributed by atoms with Crippen molar-refractivity contribution in [2.75, 3.05) is 18.4 Å². The summed E-state index contributed by atoms with van der Waals surface area (Å²) >= 11 is 0. The Hall–Kier alpha value is -3.27. The van der Waals surface area contributed by atoms with Gasteiger partial charge in [0.15, 0.2) is 0 Å². The molecule has 2 aromatic rings. The summed E-state index contributed by atoms with van der Waals surface area (Å²) in [5.74, 6) is -1.72. The second kappa shape index (κ2) is 6.88.